The SMILES string of the molecule is CC(C)(C)C1=CN=CCCC=C1. The van der Waals surface area contributed by atoms with Crippen LogP contribution >= 0.6 is 0 Å². The highest BCUT2D eigenvalue weighted by Gasteiger charge is 2.14. The summed E-state index contributed by atoms with van der Waals surface area (Å²) in [6, 6.07) is 0. The van der Waals surface area contributed by atoms with Crippen LogP contribution in [0.5, 0.6) is 0 Å². The van der Waals surface area contributed by atoms with Gasteiger partial charge >= 0.3 is 0 Å². The van der Waals surface area contributed by atoms with Crippen molar-refractivity contribution in [1.29, 1.82) is 0 Å². The van der Waals surface area contributed by atoms with E-state index in [-0.39, 0.29) is 5.41 Å². The maximum absolute atomic E-state index is 4.24. The number of allylic oxidation sites excluding steroid dienone is 3. The number of nitrogens with zero attached hydrogens (tertiary/aromatic N) is 1. The van der Waals surface area contributed by atoms with E-state index < -0.39 is 0 Å². The summed E-state index contributed by atoms with van der Waals surface area (Å²) in [7, 11) is 0. The van der Waals surface area contributed by atoms with Crippen LogP contribution in [0.25, 0.3) is 0 Å². The zero-order chi connectivity index (χ0) is 9.03. The fraction of sp³-hybridized carbons (Fsp3) is 0.545. The third kappa shape index (κ3) is 2.65. The third-order valence-electron chi connectivity index (χ3n) is 1.94. The zero-order valence-corrected chi connectivity index (χ0v) is 8.17. The summed E-state index contributed by atoms with van der Waals surface area (Å²) in [5.74, 6) is 0. The van der Waals surface area contributed by atoms with Gasteiger partial charge in [-0.3, -0.25) is 4.99 Å². The molecule has 0 radical (unpaired) electrons. The smallest absolute Gasteiger partial charge is 0.0301 e. The van der Waals surface area contributed by atoms with Crippen molar-refractivity contribution in [3.63, 3.8) is 0 Å². The molecule has 1 rings (SSSR count). The van der Waals surface area contributed by atoms with Gasteiger partial charge in [-0.25, -0.2) is 0 Å². The fourth-order valence-electron chi connectivity index (χ4n) is 1.08. The van der Waals surface area contributed by atoms with E-state index >= 15 is 0 Å². The van der Waals surface area contributed by atoms with Crippen LogP contribution in [0.1, 0.15) is 33.6 Å². The summed E-state index contributed by atoms with van der Waals surface area (Å²) in [6.07, 6.45) is 10.5. The number of hydrogen-bond donors (Lipinski definition) is 0. The molecule has 1 heteroatoms. The molecule has 1 aliphatic rings. The minimum atomic E-state index is 0.213. The third-order valence-corrected chi connectivity index (χ3v) is 1.94. The second-order valence-corrected chi connectivity index (χ2v) is 4.15. The van der Waals surface area contributed by atoms with Gasteiger partial charge < -0.3 is 0 Å². The molecule has 0 saturated heterocycles. The maximum atomic E-state index is 4.24. The normalized spacial score (nSPS) is 18.4. The molecular weight excluding hydrogens is 146 g/mol. The Hall–Kier alpha value is -0.850. The Bertz CT molecular complexity index is 226. The molecule has 12 heavy (non-hydrogen) atoms. The van der Waals surface area contributed by atoms with Crippen LogP contribution in [-0.2, 0) is 0 Å². The molecular formula is C11H17N. The Labute approximate surface area is 74.9 Å². The van der Waals surface area contributed by atoms with E-state index in [2.05, 4.69) is 37.9 Å². The standard InChI is InChI=1S/C11H17N/c1-11(2,3)10-7-5-4-6-8-12-9-10/h5,7-9H,4,6H2,1-3H3. The first-order chi connectivity index (χ1) is 5.61. The van der Waals surface area contributed by atoms with Gasteiger partial charge in [-0.05, 0) is 23.8 Å². The second kappa shape index (κ2) is 3.70. The molecule has 0 fully saturated rings. The van der Waals surface area contributed by atoms with E-state index in [0.717, 1.165) is 12.8 Å². The molecule has 0 saturated carbocycles. The molecule has 0 bridgehead atoms. The summed E-state index contributed by atoms with van der Waals surface area (Å²) < 4.78 is 0. The molecule has 0 N–H and O–H groups in total. The molecule has 0 aliphatic carbocycles. The van der Waals surface area contributed by atoms with Crippen molar-refractivity contribution in [2.24, 2.45) is 10.4 Å². The van der Waals surface area contributed by atoms with Gasteiger partial charge in [0.2, 0.25) is 0 Å². The van der Waals surface area contributed by atoms with Gasteiger partial charge in [-0.15, -0.1) is 0 Å². The largest absolute Gasteiger partial charge is 0.269 e. The molecule has 1 nitrogen and oxygen atoms in total. The van der Waals surface area contributed by atoms with E-state index in [1.165, 1.54) is 5.57 Å². The van der Waals surface area contributed by atoms with Crippen molar-refractivity contribution in [2.75, 3.05) is 0 Å². The molecule has 1 heterocycles. The average molecular weight is 163 g/mol. The molecule has 0 atom stereocenters. The molecule has 0 amide bonds. The molecule has 0 spiro atoms. The van der Waals surface area contributed by atoms with Crippen molar-refractivity contribution in [3.05, 3.63) is 23.9 Å². The minimum absolute atomic E-state index is 0.213. The predicted octanol–water partition coefficient (Wildman–Crippen LogP) is 3.34. The van der Waals surface area contributed by atoms with Crippen LogP contribution in [-0.4, -0.2) is 6.21 Å². The number of rotatable bonds is 0. The van der Waals surface area contributed by atoms with Crippen molar-refractivity contribution in [1.82, 2.24) is 0 Å². The van der Waals surface area contributed by atoms with Gasteiger partial charge in [0, 0.05) is 12.4 Å². The summed E-state index contributed by atoms with van der Waals surface area (Å²) in [4.78, 5) is 4.24. The average Bonchev–Trinajstić information content (AvgIpc) is 1.81. The Kier molecular flexibility index (Phi) is 2.85. The highest BCUT2D eigenvalue weighted by Crippen LogP contribution is 2.26. The summed E-state index contributed by atoms with van der Waals surface area (Å²) in [6.45, 7) is 6.63. The minimum Gasteiger partial charge on any atom is -0.269 e. The quantitative estimate of drug-likeness (QED) is 0.519. The van der Waals surface area contributed by atoms with Gasteiger partial charge in [0.25, 0.3) is 0 Å². The molecule has 0 unspecified atom stereocenters. The summed E-state index contributed by atoms with van der Waals surface area (Å²) in [5.41, 5.74) is 1.52. The summed E-state index contributed by atoms with van der Waals surface area (Å²) in [5, 5.41) is 0. The summed E-state index contributed by atoms with van der Waals surface area (Å²) >= 11 is 0. The van der Waals surface area contributed by atoms with Gasteiger partial charge in [-0.1, -0.05) is 32.9 Å². The van der Waals surface area contributed by atoms with Crippen LogP contribution < -0.4 is 0 Å². The number of hydrogen-bond acceptors (Lipinski definition) is 1. The first-order valence-corrected chi connectivity index (χ1v) is 4.49. The Morgan fingerprint density at radius 1 is 1.25 bits per heavy atom. The van der Waals surface area contributed by atoms with Crippen LogP contribution in [0.3, 0.4) is 0 Å². The Balaban J connectivity index is 2.85. The van der Waals surface area contributed by atoms with E-state index in [1.807, 2.05) is 12.4 Å². The van der Waals surface area contributed by atoms with Crippen LogP contribution in [0.4, 0.5) is 0 Å². The van der Waals surface area contributed by atoms with E-state index in [9.17, 15) is 0 Å². The lowest BCUT2D eigenvalue weighted by atomic mass is 9.86. The highest BCUT2D eigenvalue weighted by molar-refractivity contribution is 5.59. The lowest BCUT2D eigenvalue weighted by molar-refractivity contribution is 0.515. The first-order valence-electron chi connectivity index (χ1n) is 4.49. The number of aliphatic imine (C=N–C) groups is 1. The lowest BCUT2D eigenvalue weighted by Crippen LogP contribution is -2.07. The molecule has 0 aromatic heterocycles. The monoisotopic (exact) mass is 163 g/mol. The van der Waals surface area contributed by atoms with Crippen molar-refractivity contribution in [3.8, 4) is 0 Å². The van der Waals surface area contributed by atoms with Gasteiger partial charge in [0.15, 0.2) is 0 Å². The fourth-order valence-corrected chi connectivity index (χ4v) is 1.08. The van der Waals surface area contributed by atoms with Gasteiger partial charge in [0.05, 0.1) is 0 Å². The second-order valence-electron chi connectivity index (χ2n) is 4.15. The molecule has 66 valence electrons. The predicted molar refractivity (Wildman–Crippen MR) is 54.4 cm³/mol. The first kappa shape index (κ1) is 9.24. The molecule has 0 aromatic rings. The van der Waals surface area contributed by atoms with Crippen molar-refractivity contribution >= 4 is 6.21 Å². The molecule has 0 aromatic carbocycles. The molecule has 1 aliphatic heterocycles. The van der Waals surface area contributed by atoms with Gasteiger partial charge in [-0.2, -0.15) is 0 Å². The Morgan fingerprint density at radius 3 is 2.67 bits per heavy atom. The van der Waals surface area contributed by atoms with E-state index in [0.29, 0.717) is 0 Å². The lowest BCUT2D eigenvalue weighted by Gasteiger charge is -2.19. The Morgan fingerprint density at radius 2 is 2.00 bits per heavy atom. The highest BCUT2D eigenvalue weighted by atomic mass is 14.7. The van der Waals surface area contributed by atoms with Crippen LogP contribution in [0.15, 0.2) is 28.9 Å². The maximum Gasteiger partial charge on any atom is 0.0301 e. The van der Waals surface area contributed by atoms with Crippen LogP contribution in [0.2, 0.25) is 0 Å². The van der Waals surface area contributed by atoms with Crippen molar-refractivity contribution < 1.29 is 0 Å². The van der Waals surface area contributed by atoms with E-state index in [4.69, 9.17) is 0 Å². The van der Waals surface area contributed by atoms with Crippen LogP contribution in [0, 0.1) is 5.41 Å². The zero-order valence-electron chi connectivity index (χ0n) is 8.17. The van der Waals surface area contributed by atoms with Gasteiger partial charge in [0.1, 0.15) is 0 Å². The topological polar surface area (TPSA) is 12.4 Å². The van der Waals surface area contributed by atoms with E-state index in [1.54, 1.807) is 0 Å². The van der Waals surface area contributed by atoms with Crippen molar-refractivity contribution in [2.45, 2.75) is 33.6 Å².